The summed E-state index contributed by atoms with van der Waals surface area (Å²) in [7, 11) is 0. The predicted molar refractivity (Wildman–Crippen MR) is 150 cm³/mol. The van der Waals surface area contributed by atoms with Crippen LogP contribution in [0.15, 0.2) is 47.3 Å². The van der Waals surface area contributed by atoms with Crippen LogP contribution in [0, 0.1) is 5.82 Å². The first-order valence-corrected chi connectivity index (χ1v) is 14.1. The molecule has 0 radical (unpaired) electrons. The smallest absolute Gasteiger partial charge is 0.266 e. The highest BCUT2D eigenvalue weighted by Crippen LogP contribution is 2.28. The van der Waals surface area contributed by atoms with Crippen molar-refractivity contribution in [3.05, 3.63) is 69.5 Å². The SMILES string of the molecule is CCCCCCCCC(=O)N(CCCC)C(CC)c1nc2ccccc2c(=O)n1-c1ccc(F)c(Cl)c1. The van der Waals surface area contributed by atoms with E-state index in [-0.39, 0.29) is 16.5 Å². The molecular weight excluding hydrogens is 489 g/mol. The number of benzene rings is 2. The lowest BCUT2D eigenvalue weighted by Crippen LogP contribution is -2.39. The van der Waals surface area contributed by atoms with Crippen LogP contribution in [0.4, 0.5) is 4.39 Å². The van der Waals surface area contributed by atoms with E-state index in [2.05, 4.69) is 13.8 Å². The van der Waals surface area contributed by atoms with E-state index in [9.17, 15) is 14.0 Å². The Morgan fingerprint density at radius 2 is 1.70 bits per heavy atom. The molecule has 5 nitrogen and oxygen atoms in total. The second-order valence-electron chi connectivity index (χ2n) is 9.61. The molecule has 0 bridgehead atoms. The summed E-state index contributed by atoms with van der Waals surface area (Å²) in [5, 5.41) is 0.388. The first kappa shape index (κ1) is 28.8. The molecule has 1 amide bonds. The average molecular weight is 528 g/mol. The molecule has 0 saturated heterocycles. The van der Waals surface area contributed by atoms with Gasteiger partial charge in [0.15, 0.2) is 0 Å². The third kappa shape index (κ3) is 7.19. The first-order chi connectivity index (χ1) is 17.9. The van der Waals surface area contributed by atoms with Gasteiger partial charge in [-0.15, -0.1) is 0 Å². The summed E-state index contributed by atoms with van der Waals surface area (Å²) in [6, 6.07) is 11.0. The fourth-order valence-electron chi connectivity index (χ4n) is 4.77. The molecule has 37 heavy (non-hydrogen) atoms. The molecule has 0 N–H and O–H groups in total. The van der Waals surface area contributed by atoms with E-state index < -0.39 is 11.9 Å². The first-order valence-electron chi connectivity index (χ1n) is 13.7. The van der Waals surface area contributed by atoms with Crippen molar-refractivity contribution in [3.63, 3.8) is 0 Å². The standard InChI is InChI=1S/C30H39ClFN3O2/c1-4-7-9-10-11-12-17-28(36)34(20-8-5-2)27(6-3)29-33-26-16-14-13-15-23(26)30(37)35(29)22-18-19-25(32)24(31)21-22/h13-16,18-19,21,27H,4-12,17,20H2,1-3H3. The van der Waals surface area contributed by atoms with E-state index >= 15 is 0 Å². The molecule has 1 aromatic heterocycles. The van der Waals surface area contributed by atoms with E-state index in [1.807, 2.05) is 24.0 Å². The van der Waals surface area contributed by atoms with E-state index in [4.69, 9.17) is 16.6 Å². The molecule has 1 unspecified atom stereocenters. The largest absolute Gasteiger partial charge is 0.333 e. The summed E-state index contributed by atoms with van der Waals surface area (Å²) in [4.78, 5) is 34.1. The predicted octanol–water partition coefficient (Wildman–Crippen LogP) is 8.01. The number of halogens is 2. The normalized spacial score (nSPS) is 12.1. The Hall–Kier alpha value is -2.73. The molecular formula is C30H39ClFN3O2. The van der Waals surface area contributed by atoms with Crippen molar-refractivity contribution in [3.8, 4) is 5.69 Å². The maximum absolute atomic E-state index is 14.0. The van der Waals surface area contributed by atoms with Crippen molar-refractivity contribution >= 4 is 28.4 Å². The Labute approximate surface area is 224 Å². The Balaban J connectivity index is 2.05. The van der Waals surface area contributed by atoms with Gasteiger partial charge in [-0.25, -0.2) is 9.37 Å². The quantitative estimate of drug-likeness (QED) is 0.199. The maximum atomic E-state index is 14.0. The number of para-hydroxylation sites is 1. The zero-order valence-corrected chi connectivity index (χ0v) is 23.1. The highest BCUT2D eigenvalue weighted by Gasteiger charge is 2.28. The molecule has 3 rings (SSSR count). The Kier molecular flexibility index (Phi) is 11.1. The molecule has 0 aliphatic heterocycles. The van der Waals surface area contributed by atoms with Gasteiger partial charge in [0.2, 0.25) is 5.91 Å². The van der Waals surface area contributed by atoms with Gasteiger partial charge in [0.05, 0.1) is 27.7 Å². The Morgan fingerprint density at radius 1 is 1.00 bits per heavy atom. The molecule has 1 atom stereocenters. The molecule has 2 aromatic carbocycles. The lowest BCUT2D eigenvalue weighted by Gasteiger charge is -2.32. The van der Waals surface area contributed by atoms with Crippen LogP contribution in [0.5, 0.6) is 0 Å². The number of amides is 1. The number of hydrogen-bond donors (Lipinski definition) is 0. The van der Waals surface area contributed by atoms with Gasteiger partial charge >= 0.3 is 0 Å². The zero-order chi connectivity index (χ0) is 26.8. The number of hydrogen-bond acceptors (Lipinski definition) is 3. The number of carbonyl (C=O) groups excluding carboxylic acids is 1. The summed E-state index contributed by atoms with van der Waals surface area (Å²) >= 11 is 6.11. The summed E-state index contributed by atoms with van der Waals surface area (Å²) in [6.45, 7) is 6.89. The van der Waals surface area contributed by atoms with Crippen molar-refractivity contribution in [1.82, 2.24) is 14.5 Å². The number of aromatic nitrogens is 2. The van der Waals surface area contributed by atoms with Crippen LogP contribution in [0.1, 0.15) is 96.8 Å². The van der Waals surface area contributed by atoms with E-state index in [1.165, 1.54) is 42.0 Å². The van der Waals surface area contributed by atoms with Crippen molar-refractivity contribution < 1.29 is 9.18 Å². The van der Waals surface area contributed by atoms with Crippen LogP contribution in [0.2, 0.25) is 5.02 Å². The summed E-state index contributed by atoms with van der Waals surface area (Å²) in [6.07, 6.45) is 9.54. The molecule has 0 spiro atoms. The summed E-state index contributed by atoms with van der Waals surface area (Å²) < 4.78 is 15.5. The molecule has 1 heterocycles. The Bertz CT molecular complexity index is 1240. The van der Waals surface area contributed by atoms with Gasteiger partial charge in [-0.05, 0) is 49.6 Å². The second-order valence-corrected chi connectivity index (χ2v) is 10.0. The van der Waals surface area contributed by atoms with E-state index in [0.717, 1.165) is 32.1 Å². The summed E-state index contributed by atoms with van der Waals surface area (Å²) in [5.74, 6) is 0.00246. The van der Waals surface area contributed by atoms with Crippen molar-refractivity contribution in [2.45, 2.75) is 91.0 Å². The molecule has 0 aliphatic carbocycles. The third-order valence-electron chi connectivity index (χ3n) is 6.84. The zero-order valence-electron chi connectivity index (χ0n) is 22.3. The van der Waals surface area contributed by atoms with Gasteiger partial charge in [-0.1, -0.05) is 83.0 Å². The van der Waals surface area contributed by atoms with Gasteiger partial charge in [-0.2, -0.15) is 0 Å². The fourth-order valence-corrected chi connectivity index (χ4v) is 4.95. The number of carbonyl (C=O) groups is 1. The second kappa shape index (κ2) is 14.3. The minimum atomic E-state index is -0.556. The topological polar surface area (TPSA) is 55.2 Å². The van der Waals surface area contributed by atoms with Crippen LogP contribution >= 0.6 is 11.6 Å². The molecule has 0 saturated carbocycles. The highest BCUT2D eigenvalue weighted by molar-refractivity contribution is 6.30. The highest BCUT2D eigenvalue weighted by atomic mass is 35.5. The lowest BCUT2D eigenvalue weighted by atomic mass is 10.1. The monoisotopic (exact) mass is 527 g/mol. The maximum Gasteiger partial charge on any atom is 0.266 e. The van der Waals surface area contributed by atoms with Crippen LogP contribution < -0.4 is 5.56 Å². The third-order valence-corrected chi connectivity index (χ3v) is 7.13. The minimum Gasteiger partial charge on any atom is -0.333 e. The van der Waals surface area contributed by atoms with Gasteiger partial charge < -0.3 is 4.90 Å². The van der Waals surface area contributed by atoms with Gasteiger partial charge in [0, 0.05) is 13.0 Å². The van der Waals surface area contributed by atoms with Gasteiger partial charge in [-0.3, -0.25) is 14.2 Å². The fraction of sp³-hybridized carbons (Fsp3) is 0.500. The van der Waals surface area contributed by atoms with E-state index in [1.54, 1.807) is 12.1 Å². The minimum absolute atomic E-state index is 0.0708. The molecule has 200 valence electrons. The van der Waals surface area contributed by atoms with E-state index in [0.29, 0.717) is 41.8 Å². The van der Waals surface area contributed by atoms with Gasteiger partial charge in [0.25, 0.3) is 5.56 Å². The summed E-state index contributed by atoms with van der Waals surface area (Å²) in [5.41, 5.74) is 0.742. The Morgan fingerprint density at radius 3 is 2.41 bits per heavy atom. The van der Waals surface area contributed by atoms with Crippen molar-refractivity contribution in [1.29, 1.82) is 0 Å². The van der Waals surface area contributed by atoms with Crippen LogP contribution in [-0.2, 0) is 4.79 Å². The van der Waals surface area contributed by atoms with Crippen LogP contribution in [-0.4, -0.2) is 26.9 Å². The molecule has 3 aromatic rings. The van der Waals surface area contributed by atoms with Crippen LogP contribution in [0.25, 0.3) is 16.6 Å². The number of fused-ring (bicyclic) bond motifs is 1. The van der Waals surface area contributed by atoms with Crippen LogP contribution in [0.3, 0.4) is 0 Å². The average Bonchev–Trinajstić information content (AvgIpc) is 2.90. The molecule has 7 heteroatoms. The number of nitrogens with zero attached hydrogens (tertiary/aromatic N) is 3. The van der Waals surface area contributed by atoms with Crippen molar-refractivity contribution in [2.75, 3.05) is 6.54 Å². The number of unbranched alkanes of at least 4 members (excludes halogenated alkanes) is 6. The molecule has 0 aliphatic rings. The van der Waals surface area contributed by atoms with Crippen molar-refractivity contribution in [2.24, 2.45) is 0 Å². The lowest BCUT2D eigenvalue weighted by molar-refractivity contribution is -0.134. The molecule has 0 fully saturated rings. The number of rotatable bonds is 14. The van der Waals surface area contributed by atoms with Gasteiger partial charge in [0.1, 0.15) is 11.6 Å².